The number of phenolic OH excluding ortho intramolecular Hbond substituents is 1. The van der Waals surface area contributed by atoms with Gasteiger partial charge in [-0.05, 0) is 42.3 Å². The lowest BCUT2D eigenvalue weighted by Gasteiger charge is -2.16. The highest BCUT2D eigenvalue weighted by Gasteiger charge is 2.13. The molecule has 0 saturated heterocycles. The van der Waals surface area contributed by atoms with Gasteiger partial charge in [-0.1, -0.05) is 18.2 Å². The summed E-state index contributed by atoms with van der Waals surface area (Å²) in [7, 11) is 0. The van der Waals surface area contributed by atoms with Gasteiger partial charge in [-0.25, -0.2) is 4.98 Å². The van der Waals surface area contributed by atoms with Crippen LogP contribution in [0.1, 0.15) is 18.5 Å². The van der Waals surface area contributed by atoms with Gasteiger partial charge in [-0.15, -0.1) is 0 Å². The summed E-state index contributed by atoms with van der Waals surface area (Å²) >= 11 is 0. The van der Waals surface area contributed by atoms with Crippen molar-refractivity contribution in [3.05, 3.63) is 77.1 Å². The molecule has 2 aromatic heterocycles. The Labute approximate surface area is 143 Å². The summed E-state index contributed by atoms with van der Waals surface area (Å²) in [6.07, 6.45) is 5.05. The summed E-state index contributed by atoms with van der Waals surface area (Å²) in [6, 6.07) is 12.2. The number of benzene rings is 2. The predicted molar refractivity (Wildman–Crippen MR) is 95.5 cm³/mol. The number of nitrogens with zero attached hydrogens (tertiary/aromatic N) is 3. The Morgan fingerprint density at radius 1 is 1.16 bits per heavy atom. The van der Waals surface area contributed by atoms with Crippen LogP contribution < -0.4 is 5.56 Å². The van der Waals surface area contributed by atoms with Gasteiger partial charge < -0.3 is 5.11 Å². The molecular formula is C19H16N4O2. The first-order chi connectivity index (χ1) is 12.1. The quantitative estimate of drug-likeness (QED) is 0.604. The molecule has 0 spiro atoms. The average molecular weight is 332 g/mol. The van der Waals surface area contributed by atoms with Crippen LogP contribution in [0.4, 0.5) is 0 Å². The van der Waals surface area contributed by atoms with Crippen molar-refractivity contribution >= 4 is 10.9 Å². The molecule has 6 heteroatoms. The van der Waals surface area contributed by atoms with Gasteiger partial charge in [0.1, 0.15) is 5.75 Å². The van der Waals surface area contributed by atoms with Crippen molar-refractivity contribution in [2.75, 3.05) is 0 Å². The van der Waals surface area contributed by atoms with Crippen molar-refractivity contribution in [1.82, 2.24) is 19.7 Å². The van der Waals surface area contributed by atoms with Crippen molar-refractivity contribution < 1.29 is 5.11 Å². The van der Waals surface area contributed by atoms with Gasteiger partial charge in [-0.3, -0.25) is 14.5 Å². The van der Waals surface area contributed by atoms with Crippen LogP contribution in [-0.4, -0.2) is 24.9 Å². The van der Waals surface area contributed by atoms with Crippen LogP contribution in [0.25, 0.3) is 22.0 Å². The molecule has 0 fully saturated rings. The van der Waals surface area contributed by atoms with E-state index in [1.807, 2.05) is 31.2 Å². The number of hydrogen-bond donors (Lipinski definition) is 2. The summed E-state index contributed by atoms with van der Waals surface area (Å²) in [5.74, 6) is 0.174. The number of aromatic nitrogens is 4. The molecule has 6 nitrogen and oxygen atoms in total. The fraction of sp³-hybridized carbons (Fsp3) is 0.105. The molecular weight excluding hydrogens is 316 g/mol. The van der Waals surface area contributed by atoms with Gasteiger partial charge in [0, 0.05) is 11.8 Å². The number of aromatic hydroxyl groups is 1. The average Bonchev–Trinajstić information content (AvgIpc) is 3.16. The molecule has 1 atom stereocenters. The lowest BCUT2D eigenvalue weighted by atomic mass is 10.1. The highest BCUT2D eigenvalue weighted by Crippen LogP contribution is 2.23. The maximum atomic E-state index is 13.0. The Kier molecular flexibility index (Phi) is 3.57. The molecule has 124 valence electrons. The van der Waals surface area contributed by atoms with Crippen LogP contribution in [-0.2, 0) is 0 Å². The normalized spacial score (nSPS) is 12.4. The van der Waals surface area contributed by atoms with E-state index < -0.39 is 0 Å². The van der Waals surface area contributed by atoms with Crippen LogP contribution in [0.2, 0.25) is 0 Å². The molecule has 0 saturated carbocycles. The number of nitrogens with one attached hydrogen (secondary N) is 1. The Balaban J connectivity index is 1.85. The number of phenols is 1. The summed E-state index contributed by atoms with van der Waals surface area (Å²) in [5, 5.41) is 17.0. The first-order valence-corrected chi connectivity index (χ1v) is 7.92. The van der Waals surface area contributed by atoms with Gasteiger partial charge in [0.2, 0.25) is 0 Å². The van der Waals surface area contributed by atoms with E-state index in [0.29, 0.717) is 10.9 Å². The lowest BCUT2D eigenvalue weighted by molar-refractivity contribution is 0.472. The van der Waals surface area contributed by atoms with Gasteiger partial charge in [0.15, 0.2) is 0 Å². The summed E-state index contributed by atoms with van der Waals surface area (Å²) < 4.78 is 1.58. The summed E-state index contributed by atoms with van der Waals surface area (Å²) in [6.45, 7) is 1.91. The van der Waals surface area contributed by atoms with E-state index >= 15 is 0 Å². The van der Waals surface area contributed by atoms with Gasteiger partial charge in [0.05, 0.1) is 29.5 Å². The molecule has 0 aliphatic rings. The van der Waals surface area contributed by atoms with Crippen molar-refractivity contribution in [3.8, 4) is 16.9 Å². The maximum absolute atomic E-state index is 13.0. The van der Waals surface area contributed by atoms with E-state index in [1.54, 1.807) is 41.5 Å². The summed E-state index contributed by atoms with van der Waals surface area (Å²) in [5.41, 5.74) is 3.19. The van der Waals surface area contributed by atoms with Crippen LogP contribution in [0.15, 0.2) is 66.0 Å². The zero-order valence-electron chi connectivity index (χ0n) is 13.5. The molecule has 2 N–H and O–H groups in total. The Morgan fingerprint density at radius 3 is 2.80 bits per heavy atom. The maximum Gasteiger partial charge on any atom is 0.261 e. The molecule has 0 amide bonds. The van der Waals surface area contributed by atoms with E-state index in [2.05, 4.69) is 15.2 Å². The van der Waals surface area contributed by atoms with Gasteiger partial charge >= 0.3 is 0 Å². The fourth-order valence-corrected chi connectivity index (χ4v) is 2.95. The highest BCUT2D eigenvalue weighted by molar-refractivity contribution is 5.83. The zero-order valence-corrected chi connectivity index (χ0v) is 13.5. The SMILES string of the molecule is CC(c1cccc(O)c1)n1cnc2ccc(-c3cn[nH]c3)cc2c1=O. The van der Waals surface area contributed by atoms with E-state index in [9.17, 15) is 9.90 Å². The van der Waals surface area contributed by atoms with Crippen molar-refractivity contribution in [3.63, 3.8) is 0 Å². The minimum atomic E-state index is -0.242. The minimum Gasteiger partial charge on any atom is -0.508 e. The fourth-order valence-electron chi connectivity index (χ4n) is 2.95. The lowest BCUT2D eigenvalue weighted by Crippen LogP contribution is -2.24. The Hall–Kier alpha value is -3.41. The molecule has 0 bridgehead atoms. The second-order valence-electron chi connectivity index (χ2n) is 5.95. The third kappa shape index (κ3) is 2.67. The molecule has 1 unspecified atom stereocenters. The number of H-pyrrole nitrogens is 1. The van der Waals surface area contributed by atoms with Crippen molar-refractivity contribution in [2.45, 2.75) is 13.0 Å². The molecule has 0 radical (unpaired) electrons. The second kappa shape index (κ2) is 5.90. The van der Waals surface area contributed by atoms with E-state index in [-0.39, 0.29) is 17.4 Å². The van der Waals surface area contributed by atoms with Crippen molar-refractivity contribution in [2.24, 2.45) is 0 Å². The van der Waals surface area contributed by atoms with Crippen molar-refractivity contribution in [1.29, 1.82) is 0 Å². The van der Waals surface area contributed by atoms with E-state index in [1.165, 1.54) is 0 Å². The topological polar surface area (TPSA) is 83.8 Å². The largest absolute Gasteiger partial charge is 0.508 e. The first-order valence-electron chi connectivity index (χ1n) is 7.92. The van der Waals surface area contributed by atoms with E-state index in [0.717, 1.165) is 16.7 Å². The smallest absolute Gasteiger partial charge is 0.261 e. The zero-order chi connectivity index (χ0) is 17.4. The van der Waals surface area contributed by atoms with Crippen LogP contribution in [0.3, 0.4) is 0 Å². The molecule has 0 aliphatic carbocycles. The summed E-state index contributed by atoms with van der Waals surface area (Å²) in [4.78, 5) is 17.4. The minimum absolute atomic E-state index is 0.119. The monoisotopic (exact) mass is 332 g/mol. The van der Waals surface area contributed by atoms with Gasteiger partial charge in [0.25, 0.3) is 5.56 Å². The first kappa shape index (κ1) is 15.1. The molecule has 2 heterocycles. The Bertz CT molecular complexity index is 1100. The Morgan fingerprint density at radius 2 is 2.04 bits per heavy atom. The standard InChI is InChI=1S/C19H16N4O2/c1-12(13-3-2-4-16(24)7-13)23-11-20-18-6-5-14(8-17(18)19(23)25)15-9-21-22-10-15/h2-12,24H,1H3,(H,21,22). The molecule has 25 heavy (non-hydrogen) atoms. The van der Waals surface area contributed by atoms with Crippen LogP contribution >= 0.6 is 0 Å². The predicted octanol–water partition coefficient (Wildman–Crippen LogP) is 3.10. The number of hydrogen-bond acceptors (Lipinski definition) is 4. The number of fused-ring (bicyclic) bond motifs is 1. The molecule has 4 rings (SSSR count). The highest BCUT2D eigenvalue weighted by atomic mass is 16.3. The van der Waals surface area contributed by atoms with Crippen LogP contribution in [0.5, 0.6) is 5.75 Å². The van der Waals surface area contributed by atoms with E-state index in [4.69, 9.17) is 0 Å². The number of rotatable bonds is 3. The third-order valence-corrected chi connectivity index (χ3v) is 4.38. The molecule has 2 aromatic carbocycles. The number of aromatic amines is 1. The third-order valence-electron chi connectivity index (χ3n) is 4.38. The van der Waals surface area contributed by atoms with Crippen LogP contribution in [0, 0.1) is 0 Å². The molecule has 0 aliphatic heterocycles. The second-order valence-corrected chi connectivity index (χ2v) is 5.95. The molecule has 4 aromatic rings. The van der Waals surface area contributed by atoms with Gasteiger partial charge in [-0.2, -0.15) is 5.10 Å².